The van der Waals surface area contributed by atoms with Crippen LogP contribution in [0, 0.1) is 0 Å². The molecule has 7 heteroatoms. The van der Waals surface area contributed by atoms with Gasteiger partial charge in [-0.15, -0.1) is 0 Å². The lowest BCUT2D eigenvalue weighted by Crippen LogP contribution is -2.35. The molecular weight excluding hydrogens is 356 g/mol. The average Bonchev–Trinajstić information content (AvgIpc) is 3.44. The van der Waals surface area contributed by atoms with Crippen LogP contribution in [-0.2, 0) is 17.8 Å². The van der Waals surface area contributed by atoms with Gasteiger partial charge in [-0.3, -0.25) is 9.59 Å². The standard InChI is InChI=1S/C21H24N4O3/c26-20(23-15-6-1-2-7-15)14-25-17-9-4-3-8-16(17)24-19(25)11-12-22-21(27)18-10-5-13-28-18/h3-5,8-10,13,15H,1-2,6-7,11-12,14H2,(H,22,27)(H,23,26). The van der Waals surface area contributed by atoms with Crippen molar-refractivity contribution >= 4 is 22.8 Å². The Morgan fingerprint density at radius 1 is 1.14 bits per heavy atom. The highest BCUT2D eigenvalue weighted by molar-refractivity contribution is 5.91. The summed E-state index contributed by atoms with van der Waals surface area (Å²) in [6.07, 6.45) is 6.47. The summed E-state index contributed by atoms with van der Waals surface area (Å²) >= 11 is 0. The third-order valence-electron chi connectivity index (χ3n) is 5.13. The molecule has 0 spiro atoms. The summed E-state index contributed by atoms with van der Waals surface area (Å²) in [7, 11) is 0. The van der Waals surface area contributed by atoms with Crippen molar-refractivity contribution < 1.29 is 14.0 Å². The molecule has 0 atom stereocenters. The Kier molecular flexibility index (Phi) is 5.41. The van der Waals surface area contributed by atoms with E-state index < -0.39 is 0 Å². The monoisotopic (exact) mass is 380 g/mol. The van der Waals surface area contributed by atoms with Crippen LogP contribution in [0.25, 0.3) is 11.0 Å². The van der Waals surface area contributed by atoms with Crippen LogP contribution in [-0.4, -0.2) is 34.0 Å². The van der Waals surface area contributed by atoms with Crippen molar-refractivity contribution in [3.63, 3.8) is 0 Å². The van der Waals surface area contributed by atoms with Gasteiger partial charge in [0.05, 0.1) is 17.3 Å². The molecule has 2 heterocycles. The Hall–Kier alpha value is -3.09. The fourth-order valence-corrected chi connectivity index (χ4v) is 3.76. The van der Waals surface area contributed by atoms with Gasteiger partial charge in [-0.1, -0.05) is 25.0 Å². The number of nitrogens with one attached hydrogen (secondary N) is 2. The van der Waals surface area contributed by atoms with Crippen molar-refractivity contribution in [2.75, 3.05) is 6.54 Å². The van der Waals surface area contributed by atoms with E-state index in [4.69, 9.17) is 4.42 Å². The number of fused-ring (bicyclic) bond motifs is 1. The largest absolute Gasteiger partial charge is 0.459 e. The molecular formula is C21H24N4O3. The molecule has 2 amide bonds. The van der Waals surface area contributed by atoms with Crippen LogP contribution in [0.2, 0.25) is 0 Å². The van der Waals surface area contributed by atoms with Gasteiger partial charge in [0.25, 0.3) is 5.91 Å². The summed E-state index contributed by atoms with van der Waals surface area (Å²) in [6.45, 7) is 0.644. The van der Waals surface area contributed by atoms with Gasteiger partial charge in [0.15, 0.2) is 5.76 Å². The van der Waals surface area contributed by atoms with Gasteiger partial charge in [-0.2, -0.15) is 0 Å². The van der Waals surface area contributed by atoms with E-state index in [1.807, 2.05) is 28.8 Å². The van der Waals surface area contributed by atoms with E-state index in [1.54, 1.807) is 12.1 Å². The molecule has 1 aliphatic carbocycles. The third-order valence-corrected chi connectivity index (χ3v) is 5.13. The minimum absolute atomic E-state index is 0.0101. The smallest absolute Gasteiger partial charge is 0.286 e. The number of hydrogen-bond acceptors (Lipinski definition) is 4. The predicted molar refractivity (Wildman–Crippen MR) is 105 cm³/mol. The number of benzene rings is 1. The summed E-state index contributed by atoms with van der Waals surface area (Å²) in [6, 6.07) is 11.4. The number of carbonyl (C=O) groups excluding carboxylic acids is 2. The Morgan fingerprint density at radius 3 is 2.75 bits per heavy atom. The minimum atomic E-state index is -0.258. The zero-order chi connectivity index (χ0) is 19.3. The van der Waals surface area contributed by atoms with Crippen LogP contribution >= 0.6 is 0 Å². The van der Waals surface area contributed by atoms with E-state index >= 15 is 0 Å². The van der Waals surface area contributed by atoms with Crippen LogP contribution in [0.5, 0.6) is 0 Å². The second-order valence-corrected chi connectivity index (χ2v) is 7.13. The molecule has 7 nitrogen and oxygen atoms in total. The van der Waals surface area contributed by atoms with E-state index in [1.165, 1.54) is 19.1 Å². The average molecular weight is 380 g/mol. The van der Waals surface area contributed by atoms with Crippen molar-refractivity contribution in [1.29, 1.82) is 0 Å². The summed E-state index contributed by atoms with van der Waals surface area (Å²) in [5, 5.41) is 5.96. The van der Waals surface area contributed by atoms with Crippen LogP contribution in [0.15, 0.2) is 47.1 Å². The number of carbonyl (C=O) groups is 2. The van der Waals surface area contributed by atoms with Crippen LogP contribution < -0.4 is 10.6 Å². The Morgan fingerprint density at radius 2 is 1.96 bits per heavy atom. The predicted octanol–water partition coefficient (Wildman–Crippen LogP) is 2.66. The second kappa shape index (κ2) is 8.29. The first-order chi connectivity index (χ1) is 13.7. The van der Waals surface area contributed by atoms with Crippen molar-refractivity contribution in [1.82, 2.24) is 20.2 Å². The Bertz CT molecular complexity index is 955. The minimum Gasteiger partial charge on any atom is -0.459 e. The molecule has 1 saturated carbocycles. The Labute approximate surface area is 163 Å². The maximum atomic E-state index is 12.6. The van der Waals surface area contributed by atoms with E-state index in [0.717, 1.165) is 29.7 Å². The summed E-state index contributed by atoms with van der Waals surface area (Å²) in [4.78, 5) is 29.3. The van der Waals surface area contributed by atoms with E-state index in [2.05, 4.69) is 15.6 Å². The molecule has 0 radical (unpaired) electrons. The molecule has 28 heavy (non-hydrogen) atoms. The van der Waals surface area contributed by atoms with Crippen molar-refractivity contribution in [2.45, 2.75) is 44.7 Å². The number of hydrogen-bond donors (Lipinski definition) is 2. The van der Waals surface area contributed by atoms with Gasteiger partial charge in [0, 0.05) is 19.0 Å². The van der Waals surface area contributed by atoms with Gasteiger partial charge in [-0.25, -0.2) is 4.98 Å². The number of amides is 2. The van der Waals surface area contributed by atoms with Gasteiger partial charge in [0.1, 0.15) is 12.4 Å². The molecule has 0 bridgehead atoms. The maximum absolute atomic E-state index is 12.6. The van der Waals surface area contributed by atoms with Crippen LogP contribution in [0.1, 0.15) is 42.1 Å². The third kappa shape index (κ3) is 4.08. The number of rotatable bonds is 7. The van der Waals surface area contributed by atoms with Crippen LogP contribution in [0.3, 0.4) is 0 Å². The molecule has 0 saturated heterocycles. The van der Waals surface area contributed by atoms with Crippen LogP contribution in [0.4, 0.5) is 0 Å². The lowest BCUT2D eigenvalue weighted by atomic mass is 10.2. The quantitative estimate of drug-likeness (QED) is 0.659. The zero-order valence-electron chi connectivity index (χ0n) is 15.7. The molecule has 0 aliphatic heterocycles. The summed E-state index contributed by atoms with van der Waals surface area (Å²) in [5.74, 6) is 0.814. The molecule has 146 valence electrons. The zero-order valence-corrected chi connectivity index (χ0v) is 15.7. The molecule has 1 fully saturated rings. The molecule has 1 aliphatic rings. The number of aromatic nitrogens is 2. The molecule has 2 N–H and O–H groups in total. The first-order valence-corrected chi connectivity index (χ1v) is 9.76. The van der Waals surface area contributed by atoms with Crippen molar-refractivity contribution in [2.24, 2.45) is 0 Å². The van der Waals surface area contributed by atoms with E-state index in [9.17, 15) is 9.59 Å². The number of nitrogens with zero attached hydrogens (tertiary/aromatic N) is 2. The fraction of sp³-hybridized carbons (Fsp3) is 0.381. The molecule has 1 aromatic carbocycles. The summed E-state index contributed by atoms with van der Waals surface area (Å²) in [5.41, 5.74) is 1.78. The van der Waals surface area contributed by atoms with Gasteiger partial charge >= 0.3 is 0 Å². The lowest BCUT2D eigenvalue weighted by molar-refractivity contribution is -0.122. The highest BCUT2D eigenvalue weighted by Crippen LogP contribution is 2.19. The highest BCUT2D eigenvalue weighted by Gasteiger charge is 2.19. The topological polar surface area (TPSA) is 89.2 Å². The molecule has 0 unspecified atom stereocenters. The van der Waals surface area contributed by atoms with Gasteiger partial charge in [-0.05, 0) is 37.1 Å². The maximum Gasteiger partial charge on any atom is 0.286 e. The second-order valence-electron chi connectivity index (χ2n) is 7.13. The van der Waals surface area contributed by atoms with Crippen molar-refractivity contribution in [3.05, 3.63) is 54.2 Å². The van der Waals surface area contributed by atoms with Gasteiger partial charge in [0.2, 0.25) is 5.91 Å². The molecule has 2 aromatic heterocycles. The first kappa shape index (κ1) is 18.3. The normalized spacial score (nSPS) is 14.4. The van der Waals surface area contributed by atoms with E-state index in [-0.39, 0.29) is 24.1 Å². The molecule has 3 aromatic rings. The van der Waals surface area contributed by atoms with E-state index in [0.29, 0.717) is 19.0 Å². The fourth-order valence-electron chi connectivity index (χ4n) is 3.76. The first-order valence-electron chi connectivity index (χ1n) is 9.76. The Balaban J connectivity index is 1.45. The number of imidazole rings is 1. The molecule has 4 rings (SSSR count). The number of furan rings is 1. The highest BCUT2D eigenvalue weighted by atomic mass is 16.3. The van der Waals surface area contributed by atoms with Crippen molar-refractivity contribution in [3.8, 4) is 0 Å². The number of para-hydroxylation sites is 2. The summed E-state index contributed by atoms with van der Waals surface area (Å²) < 4.78 is 7.04. The lowest BCUT2D eigenvalue weighted by Gasteiger charge is -2.14. The van der Waals surface area contributed by atoms with Gasteiger partial charge < -0.3 is 19.6 Å². The SMILES string of the molecule is O=C(Cn1c(CCNC(=O)c2ccco2)nc2ccccc21)NC1CCCC1.